The van der Waals surface area contributed by atoms with Crippen molar-refractivity contribution in [1.29, 1.82) is 0 Å². The molecule has 0 saturated carbocycles. The van der Waals surface area contributed by atoms with Crippen molar-refractivity contribution in [3.8, 4) is 0 Å². The van der Waals surface area contributed by atoms with Crippen LogP contribution in [-0.4, -0.2) is 25.2 Å². The summed E-state index contributed by atoms with van der Waals surface area (Å²) >= 11 is 0. The molecular weight excluding hydrogens is 448 g/mol. The van der Waals surface area contributed by atoms with E-state index in [1.165, 1.54) is 115 Å². The highest BCUT2D eigenvalue weighted by atomic mass is 16.5. The van der Waals surface area contributed by atoms with Crippen molar-refractivity contribution in [2.45, 2.75) is 156 Å². The van der Waals surface area contributed by atoms with Crippen LogP contribution in [-0.2, 0) is 19.1 Å². The lowest BCUT2D eigenvalue weighted by atomic mass is 9.97. The second-order valence-electron chi connectivity index (χ2n) is 11.0. The van der Waals surface area contributed by atoms with E-state index in [1.807, 2.05) is 0 Å². The molecule has 4 heteroatoms. The first kappa shape index (κ1) is 34.7. The van der Waals surface area contributed by atoms with Gasteiger partial charge in [0.1, 0.15) is 0 Å². The summed E-state index contributed by atoms with van der Waals surface area (Å²) in [6.45, 7) is 9.99. The molecule has 0 radical (unpaired) electrons. The molecular formula is C32H60O4. The number of esters is 2. The van der Waals surface area contributed by atoms with Crippen LogP contribution < -0.4 is 0 Å². The largest absolute Gasteiger partial charge is 0.463 e. The minimum Gasteiger partial charge on any atom is -0.463 e. The summed E-state index contributed by atoms with van der Waals surface area (Å²) in [5, 5.41) is 0. The van der Waals surface area contributed by atoms with E-state index in [2.05, 4.69) is 27.7 Å². The number of carbonyl (C=O) groups is 2. The molecule has 0 spiro atoms. The van der Waals surface area contributed by atoms with Gasteiger partial charge in [0.05, 0.1) is 13.2 Å². The van der Waals surface area contributed by atoms with Gasteiger partial charge in [-0.3, -0.25) is 0 Å². The quantitative estimate of drug-likeness (QED) is 0.0662. The fourth-order valence-electron chi connectivity index (χ4n) is 4.60. The lowest BCUT2D eigenvalue weighted by molar-refractivity contribution is -0.140. The van der Waals surface area contributed by atoms with Crippen LogP contribution in [0, 0.1) is 11.8 Å². The zero-order chi connectivity index (χ0) is 26.7. The molecule has 0 rings (SSSR count). The molecule has 0 N–H and O–H groups in total. The molecule has 0 aromatic heterocycles. The van der Waals surface area contributed by atoms with Crippen LogP contribution in [0.3, 0.4) is 0 Å². The Hall–Kier alpha value is -1.32. The lowest BCUT2D eigenvalue weighted by Gasteiger charge is -2.11. The summed E-state index contributed by atoms with van der Waals surface area (Å²) in [7, 11) is 0. The summed E-state index contributed by atoms with van der Waals surface area (Å²) in [5.41, 5.74) is 0. The van der Waals surface area contributed by atoms with Crippen molar-refractivity contribution in [2.75, 3.05) is 13.2 Å². The van der Waals surface area contributed by atoms with E-state index in [1.54, 1.807) is 0 Å². The SMILES string of the molecule is CCCCCCCCC(C)CCCCOC(=O)C=CC(=O)OCCCCC(C)CCCCCCCC. The fraction of sp³-hybridized carbons (Fsp3) is 0.875. The lowest BCUT2D eigenvalue weighted by Crippen LogP contribution is -2.06. The summed E-state index contributed by atoms with van der Waals surface area (Å²) in [6, 6.07) is 0. The molecule has 0 aliphatic rings. The van der Waals surface area contributed by atoms with E-state index in [0.717, 1.165) is 37.5 Å². The van der Waals surface area contributed by atoms with Crippen molar-refractivity contribution in [2.24, 2.45) is 11.8 Å². The maximum atomic E-state index is 11.8. The third kappa shape index (κ3) is 25.8. The molecule has 2 unspecified atom stereocenters. The number of ether oxygens (including phenoxy) is 2. The Morgan fingerprint density at radius 1 is 0.500 bits per heavy atom. The van der Waals surface area contributed by atoms with E-state index in [9.17, 15) is 9.59 Å². The van der Waals surface area contributed by atoms with Gasteiger partial charge in [-0.15, -0.1) is 0 Å². The molecule has 0 aromatic rings. The second-order valence-corrected chi connectivity index (χ2v) is 11.0. The molecule has 0 heterocycles. The van der Waals surface area contributed by atoms with Gasteiger partial charge in [-0.05, 0) is 37.5 Å². The van der Waals surface area contributed by atoms with E-state index >= 15 is 0 Å². The summed E-state index contributed by atoms with van der Waals surface area (Å²) in [5.74, 6) is 0.557. The van der Waals surface area contributed by atoms with Gasteiger partial charge in [0.25, 0.3) is 0 Å². The molecule has 0 bridgehead atoms. The topological polar surface area (TPSA) is 52.6 Å². The standard InChI is InChI=1S/C32H60O4/c1-5-7-9-11-13-15-21-29(3)23-17-19-27-35-31(33)25-26-32(34)36-28-20-18-24-30(4)22-16-14-12-10-8-6-2/h25-26,29-30H,5-24,27-28H2,1-4H3. The monoisotopic (exact) mass is 508 g/mol. The smallest absolute Gasteiger partial charge is 0.331 e. The second kappa shape index (κ2) is 26.7. The van der Waals surface area contributed by atoms with Crippen molar-refractivity contribution < 1.29 is 19.1 Å². The van der Waals surface area contributed by atoms with Crippen molar-refractivity contribution in [3.05, 3.63) is 12.2 Å². The van der Waals surface area contributed by atoms with Gasteiger partial charge in [0.15, 0.2) is 0 Å². The number of unbranched alkanes of at least 4 members (excludes halogenated alkanes) is 12. The summed E-state index contributed by atoms with van der Waals surface area (Å²) < 4.78 is 10.4. The van der Waals surface area contributed by atoms with Gasteiger partial charge < -0.3 is 9.47 Å². The summed E-state index contributed by atoms with van der Waals surface area (Å²) in [6.07, 6.45) is 27.5. The highest BCUT2D eigenvalue weighted by Gasteiger charge is 2.05. The maximum absolute atomic E-state index is 11.8. The van der Waals surface area contributed by atoms with Crippen LogP contribution >= 0.6 is 0 Å². The third-order valence-corrected chi connectivity index (χ3v) is 7.13. The number of hydrogen-bond donors (Lipinski definition) is 0. The van der Waals surface area contributed by atoms with Gasteiger partial charge >= 0.3 is 11.9 Å². The van der Waals surface area contributed by atoms with Crippen molar-refractivity contribution in [3.63, 3.8) is 0 Å². The Labute approximate surface area is 224 Å². The zero-order valence-corrected chi connectivity index (χ0v) is 24.5. The van der Waals surface area contributed by atoms with Gasteiger partial charge in [0.2, 0.25) is 0 Å². The first-order chi connectivity index (χ1) is 17.5. The van der Waals surface area contributed by atoms with Crippen molar-refractivity contribution >= 4 is 11.9 Å². The molecule has 0 fully saturated rings. The van der Waals surface area contributed by atoms with E-state index < -0.39 is 11.9 Å². The number of carbonyl (C=O) groups excluding carboxylic acids is 2. The first-order valence-corrected chi connectivity index (χ1v) is 15.5. The molecule has 0 saturated heterocycles. The van der Waals surface area contributed by atoms with E-state index in [4.69, 9.17) is 9.47 Å². The van der Waals surface area contributed by atoms with Crippen LogP contribution in [0.5, 0.6) is 0 Å². The Morgan fingerprint density at radius 3 is 1.17 bits per heavy atom. The third-order valence-electron chi connectivity index (χ3n) is 7.13. The van der Waals surface area contributed by atoms with Crippen LogP contribution in [0.4, 0.5) is 0 Å². The van der Waals surface area contributed by atoms with Crippen LogP contribution in [0.1, 0.15) is 156 Å². The molecule has 0 aliphatic heterocycles. The molecule has 4 nitrogen and oxygen atoms in total. The predicted octanol–water partition coefficient (Wildman–Crippen LogP) is 9.74. The van der Waals surface area contributed by atoms with Crippen LogP contribution in [0.25, 0.3) is 0 Å². The maximum Gasteiger partial charge on any atom is 0.331 e. The van der Waals surface area contributed by atoms with Crippen molar-refractivity contribution in [1.82, 2.24) is 0 Å². The number of hydrogen-bond acceptors (Lipinski definition) is 4. The first-order valence-electron chi connectivity index (χ1n) is 15.5. The molecule has 0 aliphatic carbocycles. The fourth-order valence-corrected chi connectivity index (χ4v) is 4.60. The molecule has 0 amide bonds. The molecule has 212 valence electrons. The highest BCUT2D eigenvalue weighted by Crippen LogP contribution is 2.18. The van der Waals surface area contributed by atoms with Gasteiger partial charge in [-0.1, -0.05) is 130 Å². The van der Waals surface area contributed by atoms with Gasteiger partial charge in [-0.2, -0.15) is 0 Å². The van der Waals surface area contributed by atoms with Gasteiger partial charge in [0, 0.05) is 12.2 Å². The van der Waals surface area contributed by atoms with Crippen LogP contribution in [0.2, 0.25) is 0 Å². The molecule has 0 aromatic carbocycles. The Balaban J connectivity index is 3.58. The normalized spacial score (nSPS) is 13.1. The van der Waals surface area contributed by atoms with E-state index in [-0.39, 0.29) is 0 Å². The van der Waals surface area contributed by atoms with Gasteiger partial charge in [-0.25, -0.2) is 9.59 Å². The minimum atomic E-state index is -0.462. The Kier molecular flexibility index (Phi) is 25.8. The summed E-state index contributed by atoms with van der Waals surface area (Å²) in [4.78, 5) is 23.6. The highest BCUT2D eigenvalue weighted by molar-refractivity contribution is 5.91. The molecule has 36 heavy (non-hydrogen) atoms. The average Bonchev–Trinajstić information content (AvgIpc) is 2.86. The predicted molar refractivity (Wildman–Crippen MR) is 153 cm³/mol. The number of rotatable bonds is 26. The van der Waals surface area contributed by atoms with Crippen LogP contribution in [0.15, 0.2) is 12.2 Å². The zero-order valence-electron chi connectivity index (χ0n) is 24.5. The minimum absolute atomic E-state index is 0.416. The Bertz CT molecular complexity index is 482. The average molecular weight is 509 g/mol. The van der Waals surface area contributed by atoms with E-state index in [0.29, 0.717) is 13.2 Å². The Morgan fingerprint density at radius 2 is 0.806 bits per heavy atom. The molecule has 2 atom stereocenters.